The number of halogens is 1. The minimum atomic E-state index is -0.706. The van der Waals surface area contributed by atoms with Gasteiger partial charge in [-0.1, -0.05) is 30.9 Å². The maximum atomic E-state index is 13.2. The first-order chi connectivity index (χ1) is 14.0. The number of carbonyl (C=O) groups excluding carboxylic acids is 1. The Morgan fingerprint density at radius 2 is 1.93 bits per heavy atom. The fourth-order valence-corrected chi connectivity index (χ4v) is 4.74. The Kier molecular flexibility index (Phi) is 7.82. The van der Waals surface area contributed by atoms with Crippen LogP contribution >= 0.6 is 27.3 Å². The molecule has 0 aliphatic carbocycles. The molecule has 0 radical (unpaired) electrons. The summed E-state index contributed by atoms with van der Waals surface area (Å²) in [5.41, 5.74) is 0.0475. The summed E-state index contributed by atoms with van der Waals surface area (Å²) >= 11 is 4.82. The van der Waals surface area contributed by atoms with Gasteiger partial charge in [0, 0.05) is 6.54 Å². The number of carbonyl (C=O) groups is 1. The summed E-state index contributed by atoms with van der Waals surface area (Å²) < 4.78 is 8.63. The highest BCUT2D eigenvalue weighted by Crippen LogP contribution is 2.32. The van der Waals surface area contributed by atoms with Crippen molar-refractivity contribution < 1.29 is 9.53 Å². The molecule has 0 spiro atoms. The monoisotopic (exact) mass is 494 g/mol. The second-order valence-electron chi connectivity index (χ2n) is 7.82. The van der Waals surface area contributed by atoms with Gasteiger partial charge in [0.1, 0.15) is 17.0 Å². The molecule has 30 heavy (non-hydrogen) atoms. The lowest BCUT2D eigenvalue weighted by Crippen LogP contribution is -2.42. The van der Waals surface area contributed by atoms with E-state index in [-0.39, 0.29) is 0 Å². The molecule has 0 aromatic carbocycles. The van der Waals surface area contributed by atoms with Crippen molar-refractivity contribution in [2.24, 2.45) is 0 Å². The largest absolute Gasteiger partial charge is 0.459 e. The number of esters is 1. The zero-order chi connectivity index (χ0) is 22.6. The van der Waals surface area contributed by atoms with Gasteiger partial charge >= 0.3 is 11.7 Å². The molecule has 6 nitrogen and oxygen atoms in total. The quantitative estimate of drug-likeness (QED) is 0.412. The van der Waals surface area contributed by atoms with Crippen molar-refractivity contribution in [1.29, 1.82) is 0 Å². The van der Waals surface area contributed by atoms with Crippen molar-refractivity contribution in [3.8, 4) is 0 Å². The predicted molar refractivity (Wildman–Crippen MR) is 126 cm³/mol. The normalized spacial score (nSPS) is 12.7. The number of ether oxygens (including phenoxy) is 1. The van der Waals surface area contributed by atoms with E-state index in [1.54, 1.807) is 31.4 Å². The van der Waals surface area contributed by atoms with Crippen LogP contribution in [-0.4, -0.2) is 20.7 Å². The first kappa shape index (κ1) is 24.1. The van der Waals surface area contributed by atoms with E-state index in [0.717, 1.165) is 19.5 Å². The van der Waals surface area contributed by atoms with Gasteiger partial charge in [-0.25, -0.2) is 9.36 Å². The summed E-state index contributed by atoms with van der Waals surface area (Å²) in [6.45, 7) is 12.6. The van der Waals surface area contributed by atoms with Crippen LogP contribution in [-0.2, 0) is 22.6 Å². The lowest BCUT2D eigenvalue weighted by Gasteiger charge is -2.20. The highest BCUT2D eigenvalue weighted by atomic mass is 79.9. The standard InChI is InChI=1S/C22H27BrN2O4S/c1-7-9-15(10-8-2)11-12-24-20-17(14(3)18(23)30-20)19(27)25(21(24)28)13-16(26)29-22(4,5)6/h7-10H,1,11-13H2,2-6H3/b10-8-,15-9+. The van der Waals surface area contributed by atoms with Crippen LogP contribution in [0.5, 0.6) is 0 Å². The van der Waals surface area contributed by atoms with Crippen molar-refractivity contribution in [2.45, 2.75) is 59.7 Å². The molecule has 0 N–H and O–H groups in total. The predicted octanol–water partition coefficient (Wildman–Crippen LogP) is 4.72. The Morgan fingerprint density at radius 3 is 2.50 bits per heavy atom. The van der Waals surface area contributed by atoms with Crippen LogP contribution in [0.3, 0.4) is 0 Å². The molecular weight excluding hydrogens is 468 g/mol. The van der Waals surface area contributed by atoms with Gasteiger partial charge in [-0.05, 0) is 68.1 Å². The Bertz CT molecular complexity index is 1140. The van der Waals surface area contributed by atoms with Crippen molar-refractivity contribution in [2.75, 3.05) is 0 Å². The number of aryl methyl sites for hydroxylation is 2. The highest BCUT2D eigenvalue weighted by Gasteiger charge is 2.23. The molecule has 0 saturated heterocycles. The Labute approximate surface area is 188 Å². The summed E-state index contributed by atoms with van der Waals surface area (Å²) in [4.78, 5) is 39.2. The van der Waals surface area contributed by atoms with Crippen molar-refractivity contribution in [1.82, 2.24) is 9.13 Å². The van der Waals surface area contributed by atoms with E-state index in [2.05, 4.69) is 22.5 Å². The van der Waals surface area contributed by atoms with Gasteiger partial charge in [0.2, 0.25) is 0 Å². The molecule has 0 aliphatic rings. The third-order valence-electron chi connectivity index (χ3n) is 4.28. The fraction of sp³-hybridized carbons (Fsp3) is 0.409. The zero-order valence-electron chi connectivity index (χ0n) is 18.0. The Balaban J connectivity index is 2.61. The van der Waals surface area contributed by atoms with Gasteiger partial charge in [0.25, 0.3) is 5.56 Å². The highest BCUT2D eigenvalue weighted by molar-refractivity contribution is 9.11. The molecule has 0 aliphatic heterocycles. The molecule has 2 heterocycles. The summed E-state index contributed by atoms with van der Waals surface area (Å²) in [7, 11) is 0. The first-order valence-corrected chi connectivity index (χ1v) is 11.2. The smallest absolute Gasteiger partial charge is 0.332 e. The molecule has 8 heteroatoms. The van der Waals surface area contributed by atoms with Gasteiger partial charge in [0.05, 0.1) is 9.17 Å². The molecule has 0 atom stereocenters. The second-order valence-corrected chi connectivity index (χ2v) is 10.1. The van der Waals surface area contributed by atoms with Crippen molar-refractivity contribution in [3.63, 3.8) is 0 Å². The number of thiophene rings is 1. The van der Waals surface area contributed by atoms with E-state index in [9.17, 15) is 14.4 Å². The number of rotatable bonds is 7. The van der Waals surface area contributed by atoms with Crippen LogP contribution < -0.4 is 11.2 Å². The van der Waals surface area contributed by atoms with Crippen LogP contribution in [0, 0.1) is 6.92 Å². The van der Waals surface area contributed by atoms with E-state index in [1.807, 2.05) is 32.1 Å². The maximum absolute atomic E-state index is 13.2. The molecule has 2 aromatic rings. The number of aromatic nitrogens is 2. The van der Waals surface area contributed by atoms with Crippen LogP contribution in [0.2, 0.25) is 0 Å². The molecular formula is C22H27BrN2O4S. The lowest BCUT2D eigenvalue weighted by molar-refractivity contribution is -0.155. The molecule has 0 unspecified atom stereocenters. The van der Waals surface area contributed by atoms with E-state index >= 15 is 0 Å². The fourth-order valence-electron chi connectivity index (χ4n) is 3.04. The van der Waals surface area contributed by atoms with E-state index in [1.165, 1.54) is 11.3 Å². The van der Waals surface area contributed by atoms with Crippen molar-refractivity contribution in [3.05, 3.63) is 66.6 Å². The average Bonchev–Trinajstić information content (AvgIpc) is 2.92. The van der Waals surface area contributed by atoms with E-state index in [0.29, 0.717) is 23.2 Å². The van der Waals surface area contributed by atoms with Gasteiger partial charge in [-0.3, -0.25) is 14.2 Å². The van der Waals surface area contributed by atoms with E-state index in [4.69, 9.17) is 4.74 Å². The molecule has 162 valence electrons. The number of hydrogen-bond acceptors (Lipinski definition) is 5. The van der Waals surface area contributed by atoms with Gasteiger partial charge in [0.15, 0.2) is 0 Å². The zero-order valence-corrected chi connectivity index (χ0v) is 20.4. The molecule has 0 fully saturated rings. The number of fused-ring (bicyclic) bond motifs is 1. The van der Waals surface area contributed by atoms with Gasteiger partial charge < -0.3 is 4.74 Å². The summed E-state index contributed by atoms with van der Waals surface area (Å²) in [6.07, 6.45) is 8.03. The van der Waals surface area contributed by atoms with Crippen molar-refractivity contribution >= 4 is 43.5 Å². The molecule has 0 amide bonds. The van der Waals surface area contributed by atoms with Crippen LogP contribution in [0.25, 0.3) is 10.2 Å². The average molecular weight is 495 g/mol. The Morgan fingerprint density at radius 1 is 1.27 bits per heavy atom. The number of allylic oxidation sites excluding steroid dienone is 5. The molecule has 0 saturated carbocycles. The minimum Gasteiger partial charge on any atom is -0.459 e. The van der Waals surface area contributed by atoms with E-state index < -0.39 is 29.4 Å². The van der Waals surface area contributed by atoms with Gasteiger partial charge in [-0.2, -0.15) is 0 Å². The molecule has 2 rings (SSSR count). The molecule has 2 aromatic heterocycles. The minimum absolute atomic E-state index is 0.361. The number of hydrogen-bond donors (Lipinski definition) is 0. The van der Waals surface area contributed by atoms with Crippen LogP contribution in [0.4, 0.5) is 0 Å². The second kappa shape index (κ2) is 9.75. The third-order valence-corrected chi connectivity index (χ3v) is 6.46. The van der Waals surface area contributed by atoms with Crippen LogP contribution in [0.15, 0.2) is 49.8 Å². The summed E-state index contributed by atoms with van der Waals surface area (Å²) in [5, 5.41) is 0.440. The lowest BCUT2D eigenvalue weighted by atomic mass is 10.1. The van der Waals surface area contributed by atoms with Gasteiger partial charge in [-0.15, -0.1) is 11.3 Å². The van der Waals surface area contributed by atoms with Crippen LogP contribution in [0.1, 0.15) is 39.7 Å². The first-order valence-electron chi connectivity index (χ1n) is 9.58. The summed E-state index contributed by atoms with van der Waals surface area (Å²) in [5.74, 6) is -0.624. The molecule has 0 bridgehead atoms. The Hall–Kier alpha value is -2.19. The summed E-state index contributed by atoms with van der Waals surface area (Å²) in [6, 6.07) is 0. The third kappa shape index (κ3) is 5.49. The topological polar surface area (TPSA) is 70.3 Å². The SMILES string of the molecule is C=C/C=C(\C=C/C)CCn1c(=O)n(CC(=O)OC(C)(C)C)c(=O)c2c(C)c(Br)sc21. The maximum Gasteiger partial charge on any atom is 0.332 e. The number of nitrogens with zero attached hydrogens (tertiary/aromatic N) is 2.